The first kappa shape index (κ1) is 24.7. The fraction of sp³-hybridized carbons (Fsp3) is 1.00. The van der Waals surface area contributed by atoms with Gasteiger partial charge in [-0.1, -0.05) is 33.1 Å². The van der Waals surface area contributed by atoms with Crippen molar-refractivity contribution in [3.63, 3.8) is 0 Å². The topological polar surface area (TPSA) is 101 Å². The van der Waals surface area contributed by atoms with Gasteiger partial charge in [-0.25, -0.2) is 4.18 Å². The Morgan fingerprint density at radius 1 is 0.800 bits per heavy atom. The Labute approximate surface area is 152 Å². The lowest BCUT2D eigenvalue weighted by atomic mass is 10.0. The maximum atomic E-state index is 10.3. The molecule has 0 spiro atoms. The van der Waals surface area contributed by atoms with Crippen LogP contribution in [0.4, 0.5) is 0 Å². The van der Waals surface area contributed by atoms with Gasteiger partial charge in [-0.3, -0.25) is 4.55 Å². The molecule has 0 aliphatic heterocycles. The Balaban J connectivity index is 3.21. The third-order valence-corrected chi connectivity index (χ3v) is 3.94. The van der Waals surface area contributed by atoms with Crippen LogP contribution in [0.2, 0.25) is 0 Å². The van der Waals surface area contributed by atoms with Crippen LogP contribution in [0, 0.1) is 5.92 Å². The summed E-state index contributed by atoms with van der Waals surface area (Å²) < 4.78 is 54.3. The van der Waals surface area contributed by atoms with Crippen molar-refractivity contribution < 1.29 is 36.1 Å². The lowest BCUT2D eigenvalue weighted by Gasteiger charge is -2.14. The van der Waals surface area contributed by atoms with Crippen LogP contribution in [0.1, 0.15) is 39.5 Å². The van der Waals surface area contributed by atoms with E-state index in [9.17, 15) is 8.42 Å². The van der Waals surface area contributed by atoms with Crippen molar-refractivity contribution in [2.24, 2.45) is 5.92 Å². The zero-order valence-corrected chi connectivity index (χ0v) is 16.3. The highest BCUT2D eigenvalue weighted by Gasteiger charge is 2.05. The molecule has 0 aromatic rings. The second-order valence-electron chi connectivity index (χ2n) is 5.58. The Hall–Kier alpha value is -0.290. The van der Waals surface area contributed by atoms with Gasteiger partial charge in [0.15, 0.2) is 0 Å². The molecule has 9 heteroatoms. The van der Waals surface area contributed by atoms with E-state index in [0.29, 0.717) is 45.6 Å². The average Bonchev–Trinajstić information content (AvgIpc) is 2.56. The van der Waals surface area contributed by atoms with Crippen LogP contribution < -0.4 is 0 Å². The van der Waals surface area contributed by atoms with Crippen LogP contribution in [0.15, 0.2) is 0 Å². The molecule has 1 atom stereocenters. The van der Waals surface area contributed by atoms with Crippen LogP contribution in [-0.2, 0) is 33.5 Å². The Morgan fingerprint density at radius 3 is 1.72 bits per heavy atom. The molecular weight excluding hydrogens is 352 g/mol. The van der Waals surface area contributed by atoms with E-state index in [0.717, 1.165) is 13.0 Å². The third-order valence-electron chi connectivity index (χ3n) is 3.47. The normalized spacial score (nSPS) is 13.2. The summed E-state index contributed by atoms with van der Waals surface area (Å²) >= 11 is 0. The van der Waals surface area contributed by atoms with Crippen LogP contribution in [0.5, 0.6) is 0 Å². The van der Waals surface area contributed by atoms with Gasteiger partial charge in [0.1, 0.15) is 0 Å². The molecular formula is C16H34O8S. The van der Waals surface area contributed by atoms with Gasteiger partial charge in [-0.2, -0.15) is 8.42 Å². The first-order valence-electron chi connectivity index (χ1n) is 8.92. The highest BCUT2D eigenvalue weighted by molar-refractivity contribution is 7.80. The number of ether oxygens (including phenoxy) is 4. The minimum Gasteiger partial charge on any atom is -0.379 e. The molecule has 0 heterocycles. The molecule has 1 unspecified atom stereocenters. The molecule has 0 aliphatic rings. The summed E-state index contributed by atoms with van der Waals surface area (Å²) in [5.41, 5.74) is 0. The fourth-order valence-electron chi connectivity index (χ4n) is 2.01. The van der Waals surface area contributed by atoms with Crippen LogP contribution in [0.25, 0.3) is 0 Å². The van der Waals surface area contributed by atoms with E-state index in [1.807, 2.05) is 0 Å². The zero-order chi connectivity index (χ0) is 18.8. The molecule has 0 bridgehead atoms. The zero-order valence-electron chi connectivity index (χ0n) is 15.5. The molecule has 8 nitrogen and oxygen atoms in total. The highest BCUT2D eigenvalue weighted by Crippen LogP contribution is 2.12. The summed E-state index contributed by atoms with van der Waals surface area (Å²) in [5.74, 6) is 0.645. The lowest BCUT2D eigenvalue weighted by Crippen LogP contribution is -2.15. The Morgan fingerprint density at radius 2 is 1.28 bits per heavy atom. The lowest BCUT2D eigenvalue weighted by molar-refractivity contribution is -0.00881. The molecule has 0 rings (SSSR count). The van der Waals surface area contributed by atoms with Gasteiger partial charge >= 0.3 is 10.4 Å². The number of hydrogen-bond acceptors (Lipinski definition) is 7. The van der Waals surface area contributed by atoms with Crippen molar-refractivity contribution in [3.05, 3.63) is 0 Å². The molecule has 0 radical (unpaired) electrons. The van der Waals surface area contributed by atoms with Gasteiger partial charge in [0, 0.05) is 6.61 Å². The summed E-state index contributed by atoms with van der Waals surface area (Å²) in [5, 5.41) is 0. The molecule has 0 saturated heterocycles. The standard InChI is InChI=1S/C16H34O8S/c1-3-5-6-16(4-2)15-23-12-11-21-8-7-20-9-10-22-13-14-24-25(17,18)19/h16H,3-15H2,1-2H3,(H,17,18,19). The molecule has 0 amide bonds. The van der Waals surface area contributed by atoms with E-state index in [4.69, 9.17) is 23.5 Å². The SMILES string of the molecule is CCCCC(CC)COCCOCCOCCOCCOS(=O)(=O)O. The van der Waals surface area contributed by atoms with Crippen LogP contribution in [-0.4, -0.2) is 72.4 Å². The van der Waals surface area contributed by atoms with E-state index in [1.165, 1.54) is 19.3 Å². The van der Waals surface area contributed by atoms with E-state index in [-0.39, 0.29) is 13.2 Å². The monoisotopic (exact) mass is 386 g/mol. The molecule has 152 valence electrons. The Bertz CT molecular complexity index is 374. The van der Waals surface area contributed by atoms with Crippen molar-refractivity contribution in [1.29, 1.82) is 0 Å². The summed E-state index contributed by atoms with van der Waals surface area (Å²) in [6.45, 7) is 7.83. The van der Waals surface area contributed by atoms with E-state index in [1.54, 1.807) is 0 Å². The number of unbranched alkanes of at least 4 members (excludes halogenated alkanes) is 1. The first-order valence-corrected chi connectivity index (χ1v) is 10.3. The predicted octanol–water partition coefficient (Wildman–Crippen LogP) is 2.09. The largest absolute Gasteiger partial charge is 0.397 e. The molecule has 0 aromatic heterocycles. The number of rotatable bonds is 19. The van der Waals surface area contributed by atoms with Gasteiger partial charge in [0.2, 0.25) is 0 Å². The molecule has 0 fully saturated rings. The summed E-state index contributed by atoms with van der Waals surface area (Å²) in [6.07, 6.45) is 4.86. The maximum Gasteiger partial charge on any atom is 0.397 e. The average molecular weight is 387 g/mol. The molecule has 0 saturated carbocycles. The van der Waals surface area contributed by atoms with Crippen molar-refractivity contribution >= 4 is 10.4 Å². The van der Waals surface area contributed by atoms with Crippen molar-refractivity contribution in [3.8, 4) is 0 Å². The van der Waals surface area contributed by atoms with Gasteiger partial charge < -0.3 is 18.9 Å². The van der Waals surface area contributed by atoms with Gasteiger partial charge in [-0.05, 0) is 12.3 Å². The van der Waals surface area contributed by atoms with Crippen molar-refractivity contribution in [2.75, 3.05) is 59.5 Å². The quantitative estimate of drug-likeness (QED) is 0.266. The van der Waals surface area contributed by atoms with E-state index >= 15 is 0 Å². The molecule has 25 heavy (non-hydrogen) atoms. The van der Waals surface area contributed by atoms with Gasteiger partial charge in [-0.15, -0.1) is 0 Å². The summed E-state index contributed by atoms with van der Waals surface area (Å²) in [4.78, 5) is 0. The summed E-state index contributed by atoms with van der Waals surface area (Å²) in [6, 6.07) is 0. The highest BCUT2D eigenvalue weighted by atomic mass is 32.3. The van der Waals surface area contributed by atoms with Crippen molar-refractivity contribution in [1.82, 2.24) is 0 Å². The predicted molar refractivity (Wildman–Crippen MR) is 94.1 cm³/mol. The minimum atomic E-state index is -4.39. The van der Waals surface area contributed by atoms with Gasteiger partial charge in [0.25, 0.3) is 0 Å². The van der Waals surface area contributed by atoms with E-state index in [2.05, 4.69) is 18.0 Å². The minimum absolute atomic E-state index is 0.0635. The van der Waals surface area contributed by atoms with Gasteiger partial charge in [0.05, 0.1) is 52.9 Å². The maximum absolute atomic E-state index is 10.3. The second kappa shape index (κ2) is 17.1. The molecule has 0 aromatic carbocycles. The second-order valence-corrected chi connectivity index (χ2v) is 6.67. The smallest absolute Gasteiger partial charge is 0.379 e. The number of hydrogen-bond donors (Lipinski definition) is 1. The Kier molecular flexibility index (Phi) is 16.9. The van der Waals surface area contributed by atoms with Crippen molar-refractivity contribution in [2.45, 2.75) is 39.5 Å². The third kappa shape index (κ3) is 19.9. The molecule has 1 N–H and O–H groups in total. The van der Waals surface area contributed by atoms with E-state index < -0.39 is 10.4 Å². The molecule has 0 aliphatic carbocycles. The fourth-order valence-corrected chi connectivity index (χ4v) is 2.28. The van der Waals surface area contributed by atoms with Crippen LogP contribution in [0.3, 0.4) is 0 Å². The van der Waals surface area contributed by atoms with Crippen LogP contribution >= 0.6 is 0 Å². The summed E-state index contributed by atoms with van der Waals surface area (Å²) in [7, 11) is -4.39. The first-order chi connectivity index (χ1) is 12.0.